The van der Waals surface area contributed by atoms with Crippen molar-refractivity contribution >= 4 is 40.8 Å². The third-order valence-corrected chi connectivity index (χ3v) is 5.67. The molecular formula is C23H19Cl2N3O5. The van der Waals surface area contributed by atoms with Gasteiger partial charge in [0.05, 0.1) is 60.2 Å². The van der Waals surface area contributed by atoms with Crippen LogP contribution in [0, 0.1) is 11.3 Å². The fourth-order valence-corrected chi connectivity index (χ4v) is 4.08. The Morgan fingerprint density at radius 1 is 1.03 bits per heavy atom. The summed E-state index contributed by atoms with van der Waals surface area (Å²) in [5.74, 6) is -2.56. The molecule has 10 heteroatoms. The van der Waals surface area contributed by atoms with E-state index in [1.165, 1.54) is 31.3 Å². The molecule has 0 bridgehead atoms. The van der Waals surface area contributed by atoms with E-state index in [0.717, 1.165) is 7.11 Å². The minimum atomic E-state index is -0.985. The molecule has 8 nitrogen and oxygen atoms in total. The van der Waals surface area contributed by atoms with E-state index in [4.69, 9.17) is 43.1 Å². The molecule has 170 valence electrons. The first kappa shape index (κ1) is 24.0. The van der Waals surface area contributed by atoms with Crippen molar-refractivity contribution in [2.75, 3.05) is 26.2 Å². The number of esters is 2. The lowest BCUT2D eigenvalue weighted by Crippen LogP contribution is -2.40. The second-order valence-electron chi connectivity index (χ2n) is 6.77. The number of allylic oxidation sites excluding steroid dienone is 1. The summed E-state index contributed by atoms with van der Waals surface area (Å²) < 4.78 is 15.1. The van der Waals surface area contributed by atoms with Crippen LogP contribution in [-0.2, 0) is 19.1 Å². The first-order chi connectivity index (χ1) is 15.8. The Bertz CT molecular complexity index is 1220. The highest BCUT2D eigenvalue weighted by molar-refractivity contribution is 6.36. The largest absolute Gasteiger partial charge is 0.495 e. The molecule has 0 aromatic heterocycles. The second kappa shape index (κ2) is 9.86. The lowest BCUT2D eigenvalue weighted by atomic mass is 9.81. The highest BCUT2D eigenvalue weighted by Crippen LogP contribution is 2.46. The quantitative estimate of drug-likeness (QED) is 0.631. The standard InChI is InChI=1S/C23H19Cl2N3O5/c1-31-17-10-14(24)16(9-15(17)25)28-20(23(30)33-3)19(22(29)32-2)18(13(11-26)21(28)27)12-7-5-4-6-8-12/h4-10,18H,27H2,1-3H3. The Balaban J connectivity index is 2.44. The number of methoxy groups -OCH3 is 3. The zero-order valence-corrected chi connectivity index (χ0v) is 19.4. The number of carbonyl (C=O) groups is 2. The van der Waals surface area contributed by atoms with Crippen molar-refractivity contribution in [2.24, 2.45) is 5.73 Å². The monoisotopic (exact) mass is 487 g/mol. The van der Waals surface area contributed by atoms with Gasteiger partial charge >= 0.3 is 11.9 Å². The van der Waals surface area contributed by atoms with E-state index in [1.807, 2.05) is 0 Å². The van der Waals surface area contributed by atoms with Gasteiger partial charge in [0, 0.05) is 6.07 Å². The molecule has 0 radical (unpaired) electrons. The maximum atomic E-state index is 13.0. The molecule has 2 N–H and O–H groups in total. The van der Waals surface area contributed by atoms with Gasteiger partial charge in [0.1, 0.15) is 17.3 Å². The van der Waals surface area contributed by atoms with E-state index in [2.05, 4.69) is 6.07 Å². The number of nitrogens with zero attached hydrogens (tertiary/aromatic N) is 2. The maximum Gasteiger partial charge on any atom is 0.355 e. The van der Waals surface area contributed by atoms with Crippen LogP contribution in [-0.4, -0.2) is 33.3 Å². The average Bonchev–Trinajstić information content (AvgIpc) is 2.84. The van der Waals surface area contributed by atoms with Crippen molar-refractivity contribution in [3.8, 4) is 11.8 Å². The Labute approximate surface area is 200 Å². The molecule has 2 aromatic carbocycles. The van der Waals surface area contributed by atoms with Crippen molar-refractivity contribution in [3.05, 3.63) is 80.7 Å². The minimum absolute atomic E-state index is 0.0114. The molecule has 1 aliphatic heterocycles. The molecule has 0 saturated heterocycles. The molecule has 1 atom stereocenters. The number of hydrogen-bond donors (Lipinski definition) is 1. The number of anilines is 1. The summed E-state index contributed by atoms with van der Waals surface area (Å²) in [7, 11) is 3.74. The Morgan fingerprint density at radius 2 is 1.67 bits per heavy atom. The zero-order chi connectivity index (χ0) is 24.3. The Kier molecular flexibility index (Phi) is 7.16. The van der Waals surface area contributed by atoms with Crippen LogP contribution < -0.4 is 15.4 Å². The summed E-state index contributed by atoms with van der Waals surface area (Å²) >= 11 is 12.8. The van der Waals surface area contributed by atoms with Gasteiger partial charge in [-0.25, -0.2) is 9.59 Å². The van der Waals surface area contributed by atoms with Gasteiger partial charge in [0.15, 0.2) is 0 Å². The van der Waals surface area contributed by atoms with Crippen LogP contribution in [0.3, 0.4) is 0 Å². The summed E-state index contributed by atoms with van der Waals surface area (Å²) in [6.07, 6.45) is 0. The van der Waals surface area contributed by atoms with E-state index in [0.29, 0.717) is 5.56 Å². The van der Waals surface area contributed by atoms with Gasteiger partial charge < -0.3 is 19.9 Å². The number of carbonyl (C=O) groups excluding carboxylic acids is 2. The van der Waals surface area contributed by atoms with Crippen LogP contribution in [0.4, 0.5) is 5.69 Å². The number of hydrogen-bond acceptors (Lipinski definition) is 8. The molecule has 0 saturated carbocycles. The van der Waals surface area contributed by atoms with E-state index >= 15 is 0 Å². The van der Waals surface area contributed by atoms with E-state index in [9.17, 15) is 14.9 Å². The van der Waals surface area contributed by atoms with Gasteiger partial charge in [0.25, 0.3) is 0 Å². The topological polar surface area (TPSA) is 115 Å². The molecule has 1 heterocycles. The van der Waals surface area contributed by atoms with Crippen molar-refractivity contribution in [3.63, 3.8) is 0 Å². The molecule has 1 unspecified atom stereocenters. The van der Waals surface area contributed by atoms with Gasteiger partial charge in [-0.2, -0.15) is 5.26 Å². The fraction of sp³-hybridized carbons (Fsp3) is 0.174. The molecule has 1 aliphatic rings. The Hall–Kier alpha value is -3.67. The molecular weight excluding hydrogens is 469 g/mol. The van der Waals surface area contributed by atoms with Crippen LogP contribution in [0.15, 0.2) is 65.1 Å². The van der Waals surface area contributed by atoms with Crippen LogP contribution in [0.2, 0.25) is 10.0 Å². The summed E-state index contributed by atoms with van der Waals surface area (Å²) in [6, 6.07) is 13.6. The third-order valence-electron chi connectivity index (χ3n) is 5.07. The normalized spacial score (nSPS) is 15.8. The highest BCUT2D eigenvalue weighted by Gasteiger charge is 2.43. The van der Waals surface area contributed by atoms with Gasteiger partial charge in [0.2, 0.25) is 0 Å². The summed E-state index contributed by atoms with van der Waals surface area (Å²) in [6.45, 7) is 0. The third kappa shape index (κ3) is 4.21. The number of nitrogens with two attached hydrogens (primary N) is 1. The fourth-order valence-electron chi connectivity index (χ4n) is 3.61. The van der Waals surface area contributed by atoms with E-state index < -0.39 is 17.9 Å². The summed E-state index contributed by atoms with van der Waals surface area (Å²) in [5.41, 5.74) is 6.74. The lowest BCUT2D eigenvalue weighted by molar-refractivity contribution is -0.139. The van der Waals surface area contributed by atoms with E-state index in [1.54, 1.807) is 30.3 Å². The molecule has 3 rings (SSSR count). The van der Waals surface area contributed by atoms with Crippen molar-refractivity contribution in [1.82, 2.24) is 0 Å². The SMILES string of the molecule is COC(=O)C1=C(C(=O)OC)N(c2cc(Cl)c(OC)cc2Cl)C(N)=C(C#N)C1c1ccccc1. The predicted octanol–water partition coefficient (Wildman–Crippen LogP) is 3.90. The minimum Gasteiger partial charge on any atom is -0.495 e. The van der Waals surface area contributed by atoms with Crippen LogP contribution in [0.5, 0.6) is 5.75 Å². The van der Waals surface area contributed by atoms with Crippen molar-refractivity contribution < 1.29 is 23.8 Å². The second-order valence-corrected chi connectivity index (χ2v) is 7.59. The lowest BCUT2D eigenvalue weighted by Gasteiger charge is -2.36. The van der Waals surface area contributed by atoms with Gasteiger partial charge in [-0.1, -0.05) is 53.5 Å². The van der Waals surface area contributed by atoms with E-state index in [-0.39, 0.29) is 44.1 Å². The van der Waals surface area contributed by atoms with Crippen LogP contribution >= 0.6 is 23.2 Å². The van der Waals surface area contributed by atoms with Gasteiger partial charge in [-0.05, 0) is 11.6 Å². The smallest absolute Gasteiger partial charge is 0.355 e. The first-order valence-corrected chi connectivity index (χ1v) is 10.2. The summed E-state index contributed by atoms with van der Waals surface area (Å²) in [5, 5.41) is 10.3. The Morgan fingerprint density at radius 3 is 2.21 bits per heavy atom. The number of ether oxygens (including phenoxy) is 3. The van der Waals surface area contributed by atoms with Crippen LogP contribution in [0.25, 0.3) is 0 Å². The number of halogens is 2. The highest BCUT2D eigenvalue weighted by atomic mass is 35.5. The number of benzene rings is 2. The summed E-state index contributed by atoms with van der Waals surface area (Å²) in [4.78, 5) is 27.2. The van der Waals surface area contributed by atoms with Crippen molar-refractivity contribution in [2.45, 2.75) is 5.92 Å². The van der Waals surface area contributed by atoms with Crippen LogP contribution in [0.1, 0.15) is 11.5 Å². The molecule has 2 aromatic rings. The first-order valence-electron chi connectivity index (χ1n) is 9.49. The zero-order valence-electron chi connectivity index (χ0n) is 17.9. The number of nitriles is 1. The van der Waals surface area contributed by atoms with Gasteiger partial charge in [-0.3, -0.25) is 4.90 Å². The molecule has 0 aliphatic carbocycles. The average molecular weight is 488 g/mol. The molecule has 0 spiro atoms. The molecule has 0 fully saturated rings. The number of rotatable bonds is 5. The van der Waals surface area contributed by atoms with Crippen molar-refractivity contribution in [1.29, 1.82) is 5.26 Å². The molecule has 33 heavy (non-hydrogen) atoms. The van der Waals surface area contributed by atoms with Gasteiger partial charge in [-0.15, -0.1) is 0 Å². The maximum absolute atomic E-state index is 13.0. The molecule has 0 amide bonds. The predicted molar refractivity (Wildman–Crippen MR) is 123 cm³/mol.